The van der Waals surface area contributed by atoms with Crippen LogP contribution in [-0.2, 0) is 9.53 Å². The molecule has 2 unspecified atom stereocenters. The fourth-order valence-electron chi connectivity index (χ4n) is 2.10. The second kappa shape index (κ2) is 4.42. The van der Waals surface area contributed by atoms with E-state index in [0.29, 0.717) is 0 Å². The van der Waals surface area contributed by atoms with Crippen LogP contribution in [0.25, 0.3) is 0 Å². The monoisotopic (exact) mass is 290 g/mol. The second-order valence-electron chi connectivity index (χ2n) is 4.92. The molecule has 2 nitrogen and oxygen atoms in total. The summed E-state index contributed by atoms with van der Waals surface area (Å²) < 4.78 is 78.5. The third kappa shape index (κ3) is 3.03. The molecule has 0 radical (unpaired) electrons. The van der Waals surface area contributed by atoms with Gasteiger partial charge in [-0.1, -0.05) is 19.9 Å². The Morgan fingerprint density at radius 3 is 1.84 bits per heavy atom. The van der Waals surface area contributed by atoms with Gasteiger partial charge in [0, 0.05) is 0 Å². The third-order valence-corrected chi connectivity index (χ3v) is 3.32. The van der Waals surface area contributed by atoms with E-state index in [0.717, 1.165) is 7.11 Å². The highest BCUT2D eigenvalue weighted by Crippen LogP contribution is 2.61. The molecule has 1 saturated carbocycles. The Kier molecular flexibility index (Phi) is 3.68. The van der Waals surface area contributed by atoms with Gasteiger partial charge in [-0.05, 0) is 11.3 Å². The SMILES string of the molecule is COC(=O)C1C(C=C(C(F)(F)F)C(F)(F)F)C1(C)C. The van der Waals surface area contributed by atoms with E-state index in [1.54, 1.807) is 0 Å². The van der Waals surface area contributed by atoms with Gasteiger partial charge in [0.1, 0.15) is 5.57 Å². The fourth-order valence-corrected chi connectivity index (χ4v) is 2.10. The summed E-state index contributed by atoms with van der Waals surface area (Å²) in [6.07, 6.45) is -10.9. The smallest absolute Gasteiger partial charge is 0.421 e. The molecule has 110 valence electrons. The molecule has 0 N–H and O–H groups in total. The van der Waals surface area contributed by atoms with E-state index < -0.39 is 41.1 Å². The highest BCUT2D eigenvalue weighted by Gasteiger charge is 2.63. The van der Waals surface area contributed by atoms with Crippen LogP contribution in [0.15, 0.2) is 11.6 Å². The van der Waals surface area contributed by atoms with Crippen molar-refractivity contribution in [1.29, 1.82) is 0 Å². The van der Waals surface area contributed by atoms with E-state index in [4.69, 9.17) is 0 Å². The van der Waals surface area contributed by atoms with Crippen molar-refractivity contribution in [2.75, 3.05) is 7.11 Å². The number of rotatable bonds is 2. The van der Waals surface area contributed by atoms with Crippen LogP contribution in [-0.4, -0.2) is 25.4 Å². The Bertz CT molecular complexity index is 388. The van der Waals surface area contributed by atoms with Crippen molar-refractivity contribution in [3.8, 4) is 0 Å². The first-order valence-corrected chi connectivity index (χ1v) is 5.27. The summed E-state index contributed by atoms with van der Waals surface area (Å²) in [5.41, 5.74) is -3.56. The van der Waals surface area contributed by atoms with Gasteiger partial charge in [-0.15, -0.1) is 0 Å². The molecule has 0 saturated heterocycles. The second-order valence-corrected chi connectivity index (χ2v) is 4.92. The Morgan fingerprint density at radius 2 is 1.53 bits per heavy atom. The Balaban J connectivity index is 3.10. The number of methoxy groups -OCH3 is 1. The maximum absolute atomic E-state index is 12.4. The van der Waals surface area contributed by atoms with Crippen molar-refractivity contribution in [2.45, 2.75) is 26.2 Å². The minimum absolute atomic E-state index is 0.0849. The number of alkyl halides is 6. The van der Waals surface area contributed by atoms with Gasteiger partial charge in [-0.25, -0.2) is 0 Å². The fraction of sp³-hybridized carbons (Fsp3) is 0.727. The summed E-state index contributed by atoms with van der Waals surface area (Å²) >= 11 is 0. The van der Waals surface area contributed by atoms with Crippen molar-refractivity contribution < 1.29 is 35.9 Å². The molecule has 2 atom stereocenters. The quantitative estimate of drug-likeness (QED) is 0.442. The first-order chi connectivity index (χ1) is 8.33. The average Bonchev–Trinajstić information content (AvgIpc) is 2.72. The van der Waals surface area contributed by atoms with Gasteiger partial charge in [0.25, 0.3) is 0 Å². The molecule has 0 heterocycles. The number of esters is 1. The van der Waals surface area contributed by atoms with Gasteiger partial charge >= 0.3 is 18.3 Å². The van der Waals surface area contributed by atoms with E-state index in [-0.39, 0.29) is 6.08 Å². The molecule has 0 spiro atoms. The normalized spacial score (nSPS) is 25.7. The lowest BCUT2D eigenvalue weighted by molar-refractivity contribution is -0.172. The van der Waals surface area contributed by atoms with Crippen LogP contribution in [0.4, 0.5) is 26.3 Å². The zero-order valence-electron chi connectivity index (χ0n) is 10.3. The van der Waals surface area contributed by atoms with Gasteiger partial charge in [0.05, 0.1) is 13.0 Å². The molecule has 1 aliphatic carbocycles. The molecule has 0 aromatic rings. The maximum atomic E-state index is 12.4. The lowest BCUT2D eigenvalue weighted by Crippen LogP contribution is -2.26. The van der Waals surface area contributed by atoms with E-state index in [9.17, 15) is 31.1 Å². The maximum Gasteiger partial charge on any atom is 0.421 e. The number of allylic oxidation sites excluding steroid dienone is 2. The molecule has 0 aliphatic heterocycles. The standard InChI is InChI=1S/C11H12F6O2/c1-9(2)5(7(9)8(18)19-3)4-6(10(12,13)14)11(15,16)17/h4-5,7H,1-3H3. The topological polar surface area (TPSA) is 26.3 Å². The van der Waals surface area contributed by atoms with Crippen LogP contribution in [0.3, 0.4) is 0 Å². The zero-order chi connectivity index (χ0) is 15.2. The molecule has 1 fully saturated rings. The predicted octanol–water partition coefficient (Wildman–Crippen LogP) is 3.48. The first-order valence-electron chi connectivity index (χ1n) is 5.27. The molecule has 8 heteroatoms. The van der Waals surface area contributed by atoms with Crippen LogP contribution in [0.2, 0.25) is 0 Å². The molecule has 0 aromatic heterocycles. The average molecular weight is 290 g/mol. The minimum atomic E-state index is -5.50. The molecular formula is C11H12F6O2. The van der Waals surface area contributed by atoms with Gasteiger partial charge in [-0.2, -0.15) is 26.3 Å². The minimum Gasteiger partial charge on any atom is -0.469 e. The van der Waals surface area contributed by atoms with E-state index in [1.807, 2.05) is 0 Å². The van der Waals surface area contributed by atoms with Crippen molar-refractivity contribution in [2.24, 2.45) is 17.3 Å². The Morgan fingerprint density at radius 1 is 1.11 bits per heavy atom. The lowest BCUT2D eigenvalue weighted by Gasteiger charge is -2.15. The Labute approximate surface area is 105 Å². The molecule has 19 heavy (non-hydrogen) atoms. The number of halogens is 6. The number of hydrogen-bond acceptors (Lipinski definition) is 2. The van der Waals surface area contributed by atoms with Crippen LogP contribution >= 0.6 is 0 Å². The summed E-state index contributed by atoms with van der Waals surface area (Å²) in [5.74, 6) is -2.94. The summed E-state index contributed by atoms with van der Waals surface area (Å²) in [7, 11) is 1.03. The van der Waals surface area contributed by atoms with Gasteiger partial charge < -0.3 is 4.74 Å². The van der Waals surface area contributed by atoms with Crippen molar-refractivity contribution in [3.05, 3.63) is 11.6 Å². The molecule has 0 bridgehead atoms. The highest BCUT2D eigenvalue weighted by molar-refractivity contribution is 5.78. The summed E-state index contributed by atoms with van der Waals surface area (Å²) in [4.78, 5) is 11.3. The first kappa shape index (κ1) is 15.8. The lowest BCUT2D eigenvalue weighted by atomic mass is 10.1. The molecule has 0 aromatic carbocycles. The van der Waals surface area contributed by atoms with Gasteiger partial charge in [0.2, 0.25) is 0 Å². The molecule has 0 amide bonds. The third-order valence-electron chi connectivity index (χ3n) is 3.32. The number of hydrogen-bond donors (Lipinski definition) is 0. The molecule has 1 rings (SSSR count). The van der Waals surface area contributed by atoms with Crippen molar-refractivity contribution >= 4 is 5.97 Å². The van der Waals surface area contributed by atoms with Crippen LogP contribution < -0.4 is 0 Å². The Hall–Kier alpha value is -1.21. The van der Waals surface area contributed by atoms with Crippen LogP contribution in [0, 0.1) is 17.3 Å². The van der Waals surface area contributed by atoms with Gasteiger partial charge in [0.15, 0.2) is 0 Å². The zero-order valence-corrected chi connectivity index (χ0v) is 10.3. The van der Waals surface area contributed by atoms with E-state index in [1.165, 1.54) is 13.8 Å². The molecular weight excluding hydrogens is 278 g/mol. The van der Waals surface area contributed by atoms with Crippen LogP contribution in [0.5, 0.6) is 0 Å². The van der Waals surface area contributed by atoms with Gasteiger partial charge in [-0.3, -0.25) is 4.79 Å². The summed E-state index contributed by atoms with van der Waals surface area (Å²) in [5, 5.41) is 0. The number of ether oxygens (including phenoxy) is 1. The van der Waals surface area contributed by atoms with E-state index >= 15 is 0 Å². The number of carbonyl (C=O) groups excluding carboxylic acids is 1. The number of carbonyl (C=O) groups is 1. The summed E-state index contributed by atoms with van der Waals surface area (Å²) in [6, 6.07) is 0. The predicted molar refractivity (Wildman–Crippen MR) is 53.0 cm³/mol. The van der Waals surface area contributed by atoms with Crippen molar-refractivity contribution in [3.63, 3.8) is 0 Å². The molecule has 1 aliphatic rings. The van der Waals surface area contributed by atoms with Crippen molar-refractivity contribution in [1.82, 2.24) is 0 Å². The van der Waals surface area contributed by atoms with E-state index in [2.05, 4.69) is 4.74 Å². The largest absolute Gasteiger partial charge is 0.469 e. The van der Waals surface area contributed by atoms with Crippen LogP contribution in [0.1, 0.15) is 13.8 Å². The summed E-state index contributed by atoms with van der Waals surface area (Å²) in [6.45, 7) is 2.83. The highest BCUT2D eigenvalue weighted by atomic mass is 19.4.